The number of hydrogen-bond acceptors (Lipinski definition) is 1. The smallest absolute Gasteiger partial charge is 0.233 e. The minimum atomic E-state index is 0.0211. The van der Waals surface area contributed by atoms with Gasteiger partial charge in [0.15, 0.2) is 0 Å². The lowest BCUT2D eigenvalue weighted by Crippen LogP contribution is -2.17. The molecule has 1 N–H and O–H groups in total. The van der Waals surface area contributed by atoms with E-state index in [2.05, 4.69) is 5.32 Å². The molecule has 3 heteroatoms. The number of carbonyl (C=O) groups is 1. The molecule has 0 heterocycles. The monoisotopic (exact) mass is 287 g/mol. The number of alkyl halides is 1. The van der Waals surface area contributed by atoms with Gasteiger partial charge >= 0.3 is 0 Å². The largest absolute Gasteiger partial charge is 0.332 e. The third-order valence-corrected chi connectivity index (χ3v) is 2.13. The average Bonchev–Trinajstić information content (AvgIpc) is 2.19. The quantitative estimate of drug-likeness (QED) is 0.670. The molecule has 2 nitrogen and oxygen atoms in total. The van der Waals surface area contributed by atoms with Crippen LogP contribution in [0.4, 0.5) is 0 Å². The molecular formula is C10H10INO. The van der Waals surface area contributed by atoms with Crippen LogP contribution in [0.1, 0.15) is 5.56 Å². The van der Waals surface area contributed by atoms with Crippen molar-refractivity contribution in [3.63, 3.8) is 0 Å². The van der Waals surface area contributed by atoms with E-state index in [1.165, 1.54) is 0 Å². The molecule has 0 spiro atoms. The maximum absolute atomic E-state index is 10.8. The van der Waals surface area contributed by atoms with Gasteiger partial charge in [0.2, 0.25) is 5.91 Å². The SMILES string of the molecule is O=C(CI)NC=Cc1ccccc1. The lowest BCUT2D eigenvalue weighted by Gasteiger charge is -1.94. The third kappa shape index (κ3) is 4.07. The average molecular weight is 287 g/mol. The Balaban J connectivity index is 2.45. The zero-order chi connectivity index (χ0) is 9.52. The molecule has 0 bridgehead atoms. The van der Waals surface area contributed by atoms with Crippen LogP contribution < -0.4 is 5.32 Å². The number of carbonyl (C=O) groups excluding carboxylic acids is 1. The van der Waals surface area contributed by atoms with Crippen molar-refractivity contribution in [3.8, 4) is 0 Å². The number of amides is 1. The Morgan fingerprint density at radius 1 is 1.38 bits per heavy atom. The highest BCUT2D eigenvalue weighted by Crippen LogP contribution is 1.99. The molecule has 68 valence electrons. The molecule has 0 saturated heterocycles. The summed E-state index contributed by atoms with van der Waals surface area (Å²) in [5.41, 5.74) is 1.08. The van der Waals surface area contributed by atoms with Crippen LogP contribution in [-0.2, 0) is 4.79 Å². The van der Waals surface area contributed by atoms with Gasteiger partial charge in [0.1, 0.15) is 0 Å². The Morgan fingerprint density at radius 3 is 2.69 bits per heavy atom. The lowest BCUT2D eigenvalue weighted by atomic mass is 10.2. The van der Waals surface area contributed by atoms with E-state index in [0.29, 0.717) is 4.43 Å². The summed E-state index contributed by atoms with van der Waals surface area (Å²) < 4.78 is 0.483. The Labute approximate surface area is 91.2 Å². The Hall–Kier alpha value is -0.840. The molecule has 1 aromatic carbocycles. The van der Waals surface area contributed by atoms with Gasteiger partial charge in [-0.05, 0) is 11.6 Å². The first-order chi connectivity index (χ1) is 6.33. The Kier molecular flexibility index (Phi) is 4.53. The second-order valence-electron chi connectivity index (χ2n) is 2.45. The van der Waals surface area contributed by atoms with Crippen LogP contribution in [0.3, 0.4) is 0 Å². The van der Waals surface area contributed by atoms with Crippen LogP contribution in [-0.4, -0.2) is 10.3 Å². The molecule has 0 saturated carbocycles. The second-order valence-corrected chi connectivity index (χ2v) is 3.21. The van der Waals surface area contributed by atoms with Crippen molar-refractivity contribution in [2.24, 2.45) is 0 Å². The highest BCUT2D eigenvalue weighted by Gasteiger charge is 1.90. The molecule has 0 fully saturated rings. The van der Waals surface area contributed by atoms with E-state index in [1.807, 2.05) is 59.0 Å². The first-order valence-corrected chi connectivity index (χ1v) is 5.42. The molecule has 1 amide bonds. The highest BCUT2D eigenvalue weighted by atomic mass is 127. The van der Waals surface area contributed by atoms with Crippen LogP contribution in [0.25, 0.3) is 6.08 Å². The molecule has 1 rings (SSSR count). The van der Waals surface area contributed by atoms with Gasteiger partial charge in [0.05, 0.1) is 4.43 Å². The topological polar surface area (TPSA) is 29.1 Å². The third-order valence-electron chi connectivity index (χ3n) is 1.44. The van der Waals surface area contributed by atoms with Crippen LogP contribution >= 0.6 is 22.6 Å². The zero-order valence-corrected chi connectivity index (χ0v) is 9.19. The van der Waals surface area contributed by atoms with E-state index in [-0.39, 0.29) is 5.91 Å². The van der Waals surface area contributed by atoms with Gasteiger partial charge in [0.25, 0.3) is 0 Å². The minimum Gasteiger partial charge on any atom is -0.332 e. The van der Waals surface area contributed by atoms with Crippen molar-refractivity contribution >= 4 is 34.6 Å². The summed E-state index contributed by atoms with van der Waals surface area (Å²) in [6.07, 6.45) is 3.53. The van der Waals surface area contributed by atoms with E-state index >= 15 is 0 Å². The molecule has 0 aliphatic carbocycles. The summed E-state index contributed by atoms with van der Waals surface area (Å²) >= 11 is 2.02. The van der Waals surface area contributed by atoms with Gasteiger partial charge < -0.3 is 5.32 Å². The number of halogens is 1. The predicted octanol–water partition coefficient (Wildman–Crippen LogP) is 2.21. The van der Waals surface area contributed by atoms with Gasteiger partial charge in [0, 0.05) is 6.20 Å². The van der Waals surface area contributed by atoms with E-state index < -0.39 is 0 Å². The van der Waals surface area contributed by atoms with Gasteiger partial charge in [-0.25, -0.2) is 0 Å². The highest BCUT2D eigenvalue weighted by molar-refractivity contribution is 14.1. The molecule has 0 atom stereocenters. The molecule has 1 aromatic rings. The summed E-state index contributed by atoms with van der Waals surface area (Å²) in [5, 5.41) is 2.65. The van der Waals surface area contributed by atoms with Crippen molar-refractivity contribution in [2.75, 3.05) is 4.43 Å². The second kappa shape index (κ2) is 5.75. The summed E-state index contributed by atoms with van der Waals surface area (Å²) in [4.78, 5) is 10.8. The fourth-order valence-electron chi connectivity index (χ4n) is 0.834. The number of nitrogens with one attached hydrogen (secondary N) is 1. The Bertz CT molecular complexity index is 295. The zero-order valence-electron chi connectivity index (χ0n) is 7.03. The van der Waals surface area contributed by atoms with Crippen LogP contribution in [0.5, 0.6) is 0 Å². The standard InChI is InChI=1S/C10H10INO/c11-8-10(13)12-7-6-9-4-2-1-3-5-9/h1-7H,8H2,(H,12,13). The normalized spacial score (nSPS) is 10.2. The van der Waals surface area contributed by atoms with Gasteiger partial charge in [-0.15, -0.1) is 0 Å². The van der Waals surface area contributed by atoms with Gasteiger partial charge in [-0.2, -0.15) is 0 Å². The molecule has 0 radical (unpaired) electrons. The molecule has 0 unspecified atom stereocenters. The van der Waals surface area contributed by atoms with Crippen LogP contribution in [0, 0.1) is 0 Å². The maximum Gasteiger partial charge on any atom is 0.233 e. The van der Waals surface area contributed by atoms with Crippen molar-refractivity contribution in [1.29, 1.82) is 0 Å². The maximum atomic E-state index is 10.8. The number of rotatable bonds is 3. The summed E-state index contributed by atoms with van der Waals surface area (Å²) in [6, 6.07) is 9.83. The van der Waals surface area contributed by atoms with Gasteiger partial charge in [-0.3, -0.25) is 4.79 Å². The Morgan fingerprint density at radius 2 is 2.08 bits per heavy atom. The number of hydrogen-bond donors (Lipinski definition) is 1. The minimum absolute atomic E-state index is 0.0211. The van der Waals surface area contributed by atoms with Crippen LogP contribution in [0.15, 0.2) is 36.5 Å². The van der Waals surface area contributed by atoms with E-state index in [9.17, 15) is 4.79 Å². The van der Waals surface area contributed by atoms with Crippen molar-refractivity contribution < 1.29 is 4.79 Å². The summed E-state index contributed by atoms with van der Waals surface area (Å²) in [6.45, 7) is 0. The lowest BCUT2D eigenvalue weighted by molar-refractivity contribution is -0.117. The van der Waals surface area contributed by atoms with E-state index in [1.54, 1.807) is 6.20 Å². The summed E-state index contributed by atoms with van der Waals surface area (Å²) in [5.74, 6) is 0.0211. The molecule has 0 aliphatic rings. The molecule has 0 aliphatic heterocycles. The fraction of sp³-hybridized carbons (Fsp3) is 0.100. The molecular weight excluding hydrogens is 277 g/mol. The van der Waals surface area contributed by atoms with E-state index in [4.69, 9.17) is 0 Å². The first kappa shape index (κ1) is 10.2. The van der Waals surface area contributed by atoms with Crippen molar-refractivity contribution in [2.45, 2.75) is 0 Å². The predicted molar refractivity (Wildman–Crippen MR) is 62.5 cm³/mol. The molecule has 0 aromatic heterocycles. The van der Waals surface area contributed by atoms with Crippen LogP contribution in [0.2, 0.25) is 0 Å². The first-order valence-electron chi connectivity index (χ1n) is 3.90. The van der Waals surface area contributed by atoms with Crippen molar-refractivity contribution in [3.05, 3.63) is 42.1 Å². The summed E-state index contributed by atoms with van der Waals surface area (Å²) in [7, 11) is 0. The van der Waals surface area contributed by atoms with Crippen molar-refractivity contribution in [1.82, 2.24) is 5.32 Å². The fourth-order valence-corrected chi connectivity index (χ4v) is 1.05. The molecule has 13 heavy (non-hydrogen) atoms. The number of benzene rings is 1. The van der Waals surface area contributed by atoms with E-state index in [0.717, 1.165) is 5.56 Å². The van der Waals surface area contributed by atoms with Gasteiger partial charge in [-0.1, -0.05) is 52.9 Å².